The van der Waals surface area contributed by atoms with Crippen LogP contribution in [-0.2, 0) is 49.4 Å². The molecular formula is C33H35Cl2N3O9S. The smallest absolute Gasteiger partial charge is 0.336 e. The minimum absolute atomic E-state index is 0.0699. The summed E-state index contributed by atoms with van der Waals surface area (Å²) in [6, 6.07) is 13.3. The number of carbonyl (C=O) groups excluding carboxylic acids is 5. The van der Waals surface area contributed by atoms with Gasteiger partial charge >= 0.3 is 11.9 Å². The summed E-state index contributed by atoms with van der Waals surface area (Å²) in [5.74, 6) is -4.06. The Bertz CT molecular complexity index is 1590. The summed E-state index contributed by atoms with van der Waals surface area (Å²) < 4.78 is 29.1. The SMILES string of the molecule is CCOC(C=O)C(=O)N1CCN(C(=O)CC2=C(C(=O)OC)[C@H](c3c(Cl)cccc3Cl)C(C(=O)OC)=C(C[S+]([O-])c3ccccc3)N2)CC1. The summed E-state index contributed by atoms with van der Waals surface area (Å²) in [6.45, 7) is 2.47. The lowest BCUT2D eigenvalue weighted by Crippen LogP contribution is -2.53. The van der Waals surface area contributed by atoms with E-state index < -0.39 is 47.0 Å². The lowest BCUT2D eigenvalue weighted by Gasteiger charge is -2.37. The molecule has 2 heterocycles. The molecule has 2 aromatic rings. The molecule has 256 valence electrons. The Kier molecular flexibility index (Phi) is 13.1. The fraction of sp³-hybridized carbons (Fsp3) is 0.364. The number of benzene rings is 2. The van der Waals surface area contributed by atoms with Crippen molar-refractivity contribution in [3.05, 3.63) is 86.7 Å². The van der Waals surface area contributed by atoms with Crippen LogP contribution in [0.15, 0.2) is 76.0 Å². The first-order valence-electron chi connectivity index (χ1n) is 15.0. The van der Waals surface area contributed by atoms with E-state index in [1.807, 2.05) is 0 Å². The zero-order valence-corrected chi connectivity index (χ0v) is 28.9. The molecule has 12 nitrogen and oxygen atoms in total. The number of esters is 2. The van der Waals surface area contributed by atoms with Crippen LogP contribution in [0.25, 0.3) is 0 Å². The second-order valence-corrected chi connectivity index (χ2v) is 12.9. The molecule has 15 heteroatoms. The molecule has 1 saturated heterocycles. The number of nitrogens with zero attached hydrogens (tertiary/aromatic N) is 2. The lowest BCUT2D eigenvalue weighted by molar-refractivity contribution is -0.150. The van der Waals surface area contributed by atoms with Gasteiger partial charge in [0, 0.05) is 54.1 Å². The second kappa shape index (κ2) is 17.0. The Morgan fingerprint density at radius 2 is 1.48 bits per heavy atom. The van der Waals surface area contributed by atoms with Crippen LogP contribution < -0.4 is 5.32 Å². The van der Waals surface area contributed by atoms with Crippen LogP contribution in [0.4, 0.5) is 0 Å². The van der Waals surface area contributed by atoms with Crippen molar-refractivity contribution in [2.75, 3.05) is 52.8 Å². The van der Waals surface area contributed by atoms with E-state index in [2.05, 4.69) is 5.32 Å². The summed E-state index contributed by atoms with van der Waals surface area (Å²) in [5, 5.41) is 3.33. The normalized spacial score (nSPS) is 17.8. The van der Waals surface area contributed by atoms with Crippen molar-refractivity contribution in [1.82, 2.24) is 15.1 Å². The molecule has 1 N–H and O–H groups in total. The molecule has 0 aromatic heterocycles. The highest BCUT2D eigenvalue weighted by molar-refractivity contribution is 7.91. The average Bonchev–Trinajstić information content (AvgIpc) is 3.10. The van der Waals surface area contributed by atoms with Gasteiger partial charge in [0.05, 0.1) is 43.4 Å². The van der Waals surface area contributed by atoms with Crippen LogP contribution in [0.3, 0.4) is 0 Å². The van der Waals surface area contributed by atoms with E-state index in [1.165, 1.54) is 16.9 Å². The highest BCUT2D eigenvalue weighted by atomic mass is 35.5. The molecule has 0 bridgehead atoms. The van der Waals surface area contributed by atoms with E-state index in [1.54, 1.807) is 55.5 Å². The molecule has 48 heavy (non-hydrogen) atoms. The zero-order valence-electron chi connectivity index (χ0n) is 26.5. The molecule has 2 unspecified atom stereocenters. The zero-order chi connectivity index (χ0) is 35.0. The average molecular weight is 721 g/mol. The van der Waals surface area contributed by atoms with Gasteiger partial charge in [-0.15, -0.1) is 0 Å². The first-order chi connectivity index (χ1) is 23.1. The summed E-state index contributed by atoms with van der Waals surface area (Å²) in [7, 11) is 2.33. The van der Waals surface area contributed by atoms with Gasteiger partial charge < -0.3 is 33.9 Å². The molecule has 2 aliphatic heterocycles. The van der Waals surface area contributed by atoms with Gasteiger partial charge in [-0.2, -0.15) is 0 Å². The Morgan fingerprint density at radius 1 is 0.917 bits per heavy atom. The number of rotatable bonds is 12. The summed E-state index contributed by atoms with van der Waals surface area (Å²) in [5.41, 5.74) is 0.264. The van der Waals surface area contributed by atoms with Crippen molar-refractivity contribution in [3.63, 3.8) is 0 Å². The largest absolute Gasteiger partial charge is 0.611 e. The lowest BCUT2D eigenvalue weighted by atomic mass is 9.79. The van der Waals surface area contributed by atoms with E-state index in [-0.39, 0.29) is 83.1 Å². The summed E-state index contributed by atoms with van der Waals surface area (Å²) in [4.78, 5) is 68.4. The molecule has 2 aliphatic rings. The standard InChI is InChI=1S/C33H35Cl2N3O9S/c1-4-47-25(18-39)31(41)38-15-13-37(14-16-38)26(40)17-23-28(32(42)45-2)30(27-21(34)11-8-12-22(27)35)29(33(43)46-3)24(36-23)19-48(44)20-9-6-5-7-10-20/h5-12,18,25,30,36H,4,13-17,19H2,1-3H3/t25?,30-,48?/m0/s1. The quantitative estimate of drug-likeness (QED) is 0.150. The highest BCUT2D eigenvalue weighted by Crippen LogP contribution is 2.45. The van der Waals surface area contributed by atoms with Gasteiger partial charge in [0.25, 0.3) is 5.91 Å². The number of halogens is 2. The number of methoxy groups -OCH3 is 2. The molecule has 3 atom stereocenters. The minimum Gasteiger partial charge on any atom is -0.611 e. The van der Waals surface area contributed by atoms with Gasteiger partial charge in [-0.05, 0) is 42.4 Å². The van der Waals surface area contributed by atoms with Crippen LogP contribution in [0.2, 0.25) is 10.0 Å². The number of hydrogen-bond donors (Lipinski definition) is 1. The maximum Gasteiger partial charge on any atom is 0.336 e. The highest BCUT2D eigenvalue weighted by Gasteiger charge is 2.43. The molecule has 4 rings (SSSR count). The summed E-state index contributed by atoms with van der Waals surface area (Å²) >= 11 is 11.6. The van der Waals surface area contributed by atoms with Crippen LogP contribution in [0, 0.1) is 0 Å². The molecule has 0 aliphatic carbocycles. The predicted molar refractivity (Wildman–Crippen MR) is 177 cm³/mol. The molecule has 0 saturated carbocycles. The van der Waals surface area contributed by atoms with E-state index >= 15 is 0 Å². The number of hydrogen-bond acceptors (Lipinski definition) is 10. The van der Waals surface area contributed by atoms with Crippen LogP contribution >= 0.6 is 23.2 Å². The van der Waals surface area contributed by atoms with Crippen LogP contribution in [-0.4, -0.2) is 103 Å². The fourth-order valence-corrected chi connectivity index (χ4v) is 7.33. The maximum atomic E-state index is 13.8. The first-order valence-corrected chi connectivity index (χ1v) is 17.0. The minimum atomic E-state index is -1.67. The van der Waals surface area contributed by atoms with Crippen molar-refractivity contribution in [2.45, 2.75) is 30.3 Å². The van der Waals surface area contributed by atoms with Gasteiger partial charge in [0.2, 0.25) is 5.91 Å². The van der Waals surface area contributed by atoms with Crippen molar-refractivity contribution < 1.29 is 42.7 Å². The molecule has 2 aromatic carbocycles. The van der Waals surface area contributed by atoms with Crippen LogP contribution in [0.5, 0.6) is 0 Å². The van der Waals surface area contributed by atoms with Crippen molar-refractivity contribution in [2.24, 2.45) is 0 Å². The fourth-order valence-electron chi connectivity index (χ4n) is 5.59. The van der Waals surface area contributed by atoms with Crippen molar-refractivity contribution in [3.8, 4) is 0 Å². The van der Waals surface area contributed by atoms with Gasteiger partial charge in [-0.25, -0.2) is 9.59 Å². The Labute approximate surface area is 291 Å². The monoisotopic (exact) mass is 719 g/mol. The second-order valence-electron chi connectivity index (χ2n) is 10.7. The first kappa shape index (κ1) is 36.9. The van der Waals surface area contributed by atoms with E-state index in [9.17, 15) is 28.5 Å². The number of ether oxygens (including phenoxy) is 3. The van der Waals surface area contributed by atoms with Gasteiger partial charge in [0.15, 0.2) is 23.0 Å². The number of amides is 2. The van der Waals surface area contributed by atoms with Crippen molar-refractivity contribution in [1.29, 1.82) is 0 Å². The van der Waals surface area contributed by atoms with E-state index in [0.29, 0.717) is 11.2 Å². The topological polar surface area (TPSA) is 155 Å². The third kappa shape index (κ3) is 8.21. The summed E-state index contributed by atoms with van der Waals surface area (Å²) in [6.07, 6.45) is -1.14. The Balaban J connectivity index is 1.75. The molecule has 0 radical (unpaired) electrons. The number of nitrogens with one attached hydrogen (secondary N) is 1. The molecule has 0 spiro atoms. The number of dihydropyridines is 1. The number of piperazine rings is 1. The van der Waals surface area contributed by atoms with Gasteiger partial charge in [-0.3, -0.25) is 14.4 Å². The van der Waals surface area contributed by atoms with Gasteiger partial charge in [0.1, 0.15) is 0 Å². The van der Waals surface area contributed by atoms with E-state index in [4.69, 9.17) is 37.4 Å². The third-order valence-electron chi connectivity index (χ3n) is 7.90. The third-order valence-corrected chi connectivity index (χ3v) is 9.90. The maximum absolute atomic E-state index is 13.8. The predicted octanol–water partition coefficient (Wildman–Crippen LogP) is 3.01. The van der Waals surface area contributed by atoms with Gasteiger partial charge in [-0.1, -0.05) is 47.5 Å². The molecule has 2 amide bonds. The number of carbonyl (C=O) groups is 5. The van der Waals surface area contributed by atoms with Crippen LogP contribution in [0.1, 0.15) is 24.8 Å². The van der Waals surface area contributed by atoms with E-state index in [0.717, 1.165) is 7.11 Å². The molecular weight excluding hydrogens is 685 g/mol. The van der Waals surface area contributed by atoms with Crippen molar-refractivity contribution >= 4 is 64.4 Å². The molecule has 1 fully saturated rings. The number of aldehydes is 1. The Morgan fingerprint density at radius 3 is 2.02 bits per heavy atom. The Hall–Kier alpha value is -3.88.